The molecule has 0 aliphatic heterocycles. The van der Waals surface area contributed by atoms with Crippen LogP contribution in [0.3, 0.4) is 0 Å². The minimum atomic E-state index is 0.136. The average molecular weight is 333 g/mol. The summed E-state index contributed by atoms with van der Waals surface area (Å²) < 4.78 is 1.18. The second-order valence-electron chi connectivity index (χ2n) is 5.63. The van der Waals surface area contributed by atoms with Crippen molar-refractivity contribution in [3.05, 3.63) is 20.8 Å². The van der Waals surface area contributed by atoms with Gasteiger partial charge in [-0.2, -0.15) is 0 Å². The molecule has 0 amide bonds. The van der Waals surface area contributed by atoms with Crippen molar-refractivity contribution in [3.63, 3.8) is 0 Å². The molecule has 2 unspecified atom stereocenters. The Bertz CT molecular complexity index is 360. The van der Waals surface area contributed by atoms with Crippen LogP contribution < -0.4 is 5.73 Å². The van der Waals surface area contributed by atoms with Crippen LogP contribution in [0.1, 0.15) is 45.5 Å². The number of hydrogen-bond acceptors (Lipinski definition) is 3. The molecule has 1 heterocycles. The van der Waals surface area contributed by atoms with E-state index in [2.05, 4.69) is 67.6 Å². The fourth-order valence-corrected chi connectivity index (χ4v) is 3.94. The number of nitrogens with two attached hydrogens (primary N) is 1. The Balaban J connectivity index is 3.01. The minimum Gasteiger partial charge on any atom is -0.326 e. The molecule has 104 valence electrons. The summed E-state index contributed by atoms with van der Waals surface area (Å²) in [5.74, 6) is 0.650. The van der Waals surface area contributed by atoms with Gasteiger partial charge in [0.2, 0.25) is 0 Å². The van der Waals surface area contributed by atoms with Gasteiger partial charge in [0.05, 0.1) is 9.83 Å². The lowest BCUT2D eigenvalue weighted by Crippen LogP contribution is -2.44. The van der Waals surface area contributed by atoms with Crippen LogP contribution in [0.25, 0.3) is 0 Å². The molecule has 0 aromatic carbocycles. The Morgan fingerprint density at radius 1 is 1.22 bits per heavy atom. The lowest BCUT2D eigenvalue weighted by atomic mass is 10.0. The van der Waals surface area contributed by atoms with Crippen LogP contribution in [0.4, 0.5) is 0 Å². The van der Waals surface area contributed by atoms with Crippen molar-refractivity contribution in [2.45, 2.75) is 52.7 Å². The fraction of sp³-hybridized carbons (Fsp3) is 0.714. The van der Waals surface area contributed by atoms with Crippen molar-refractivity contribution in [2.75, 3.05) is 6.54 Å². The molecule has 2 atom stereocenters. The molecule has 1 aromatic rings. The number of thiophene rings is 1. The molecule has 0 aliphatic carbocycles. The van der Waals surface area contributed by atoms with E-state index in [0.29, 0.717) is 18.0 Å². The van der Waals surface area contributed by atoms with E-state index in [-0.39, 0.29) is 6.04 Å². The largest absolute Gasteiger partial charge is 0.326 e. The van der Waals surface area contributed by atoms with Crippen molar-refractivity contribution in [3.8, 4) is 0 Å². The summed E-state index contributed by atoms with van der Waals surface area (Å²) in [7, 11) is 0. The van der Waals surface area contributed by atoms with Crippen LogP contribution in [-0.2, 0) is 0 Å². The van der Waals surface area contributed by atoms with E-state index < -0.39 is 0 Å². The maximum Gasteiger partial charge on any atom is 0.0702 e. The first-order valence-electron chi connectivity index (χ1n) is 6.59. The highest BCUT2D eigenvalue weighted by molar-refractivity contribution is 9.11. The zero-order chi connectivity index (χ0) is 13.9. The van der Waals surface area contributed by atoms with Crippen LogP contribution >= 0.6 is 27.3 Å². The number of halogens is 1. The molecule has 4 heteroatoms. The van der Waals surface area contributed by atoms with E-state index >= 15 is 0 Å². The molecule has 0 radical (unpaired) electrons. The molecule has 1 rings (SSSR count). The van der Waals surface area contributed by atoms with Gasteiger partial charge in [-0.1, -0.05) is 13.8 Å². The number of nitrogens with zero attached hydrogens (tertiary/aromatic N) is 1. The topological polar surface area (TPSA) is 29.3 Å². The van der Waals surface area contributed by atoms with Gasteiger partial charge in [-0.3, -0.25) is 4.90 Å². The number of rotatable bonds is 6. The summed E-state index contributed by atoms with van der Waals surface area (Å²) in [6.45, 7) is 12.2. The van der Waals surface area contributed by atoms with Gasteiger partial charge < -0.3 is 5.73 Å². The second-order valence-corrected chi connectivity index (χ2v) is 8.12. The molecule has 0 spiro atoms. The van der Waals surface area contributed by atoms with E-state index in [1.807, 2.05) is 0 Å². The highest BCUT2D eigenvalue weighted by Gasteiger charge is 2.27. The lowest BCUT2D eigenvalue weighted by Gasteiger charge is -2.38. The Labute approximate surface area is 124 Å². The minimum absolute atomic E-state index is 0.136. The smallest absolute Gasteiger partial charge is 0.0702 e. The molecule has 2 nitrogen and oxygen atoms in total. The van der Waals surface area contributed by atoms with E-state index in [1.165, 1.54) is 8.66 Å². The van der Waals surface area contributed by atoms with E-state index in [9.17, 15) is 0 Å². The highest BCUT2D eigenvalue weighted by atomic mass is 79.9. The number of hydrogen-bond donors (Lipinski definition) is 1. The van der Waals surface area contributed by atoms with E-state index in [1.54, 1.807) is 11.3 Å². The molecular formula is C14H25BrN2S. The molecule has 0 fully saturated rings. The van der Waals surface area contributed by atoms with Crippen LogP contribution in [0.2, 0.25) is 0 Å². The fourth-order valence-electron chi connectivity index (χ4n) is 2.28. The van der Waals surface area contributed by atoms with Gasteiger partial charge in [-0.15, -0.1) is 11.3 Å². The monoisotopic (exact) mass is 332 g/mol. The summed E-state index contributed by atoms with van der Waals surface area (Å²) in [5.41, 5.74) is 6.24. The quantitative estimate of drug-likeness (QED) is 0.842. The first kappa shape index (κ1) is 16.2. The molecule has 18 heavy (non-hydrogen) atoms. The molecule has 0 saturated heterocycles. The molecule has 1 aromatic heterocycles. The van der Waals surface area contributed by atoms with Crippen LogP contribution in [0.15, 0.2) is 15.9 Å². The van der Waals surface area contributed by atoms with Gasteiger partial charge >= 0.3 is 0 Å². The summed E-state index contributed by atoms with van der Waals surface area (Å²) in [4.78, 5) is 3.87. The molecule has 0 saturated carbocycles. The maximum absolute atomic E-state index is 6.24. The predicted octanol–water partition coefficient (Wildman–Crippen LogP) is 4.27. The van der Waals surface area contributed by atoms with Gasteiger partial charge in [0.1, 0.15) is 0 Å². The van der Waals surface area contributed by atoms with Crippen molar-refractivity contribution in [1.29, 1.82) is 0 Å². The normalized spacial score (nSPS) is 15.7. The highest BCUT2D eigenvalue weighted by Crippen LogP contribution is 2.33. The summed E-state index contributed by atoms with van der Waals surface area (Å²) in [6, 6.07) is 5.26. The third-order valence-corrected chi connectivity index (χ3v) is 4.67. The Hall–Kier alpha value is 0.1000. The SMILES string of the molecule is CC(C)CN(C(C)C)C(c1ccc(Br)s1)C(C)N. The van der Waals surface area contributed by atoms with E-state index in [0.717, 1.165) is 6.54 Å². The maximum atomic E-state index is 6.24. The third-order valence-electron chi connectivity index (χ3n) is 2.98. The predicted molar refractivity (Wildman–Crippen MR) is 85.1 cm³/mol. The Kier molecular flexibility index (Phi) is 6.31. The molecule has 0 bridgehead atoms. The van der Waals surface area contributed by atoms with Crippen molar-refractivity contribution in [2.24, 2.45) is 11.7 Å². The third kappa shape index (κ3) is 4.34. The van der Waals surface area contributed by atoms with Gasteiger partial charge in [0.15, 0.2) is 0 Å². The van der Waals surface area contributed by atoms with Gasteiger partial charge in [0, 0.05) is 23.5 Å². The van der Waals surface area contributed by atoms with E-state index in [4.69, 9.17) is 5.73 Å². The van der Waals surface area contributed by atoms with Crippen molar-refractivity contribution in [1.82, 2.24) is 4.90 Å². The summed E-state index contributed by atoms with van der Waals surface area (Å²) in [5, 5.41) is 0. The molecule has 0 aliphatic rings. The van der Waals surface area contributed by atoms with Crippen molar-refractivity contribution < 1.29 is 0 Å². The standard InChI is InChI=1S/C14H25BrN2S/c1-9(2)8-17(10(3)4)14(11(5)16)12-6-7-13(15)18-12/h6-7,9-11,14H,8,16H2,1-5H3. The first-order valence-corrected chi connectivity index (χ1v) is 8.20. The van der Waals surface area contributed by atoms with Gasteiger partial charge in [-0.05, 0) is 54.8 Å². The summed E-state index contributed by atoms with van der Waals surface area (Å²) >= 11 is 5.34. The van der Waals surface area contributed by atoms with Gasteiger partial charge in [-0.25, -0.2) is 0 Å². The Morgan fingerprint density at radius 2 is 1.83 bits per heavy atom. The summed E-state index contributed by atoms with van der Waals surface area (Å²) in [6.07, 6.45) is 0. The van der Waals surface area contributed by atoms with Gasteiger partial charge in [0.25, 0.3) is 0 Å². The Morgan fingerprint density at radius 3 is 2.17 bits per heavy atom. The zero-order valence-electron chi connectivity index (χ0n) is 12.0. The van der Waals surface area contributed by atoms with Crippen LogP contribution in [0.5, 0.6) is 0 Å². The second kappa shape index (κ2) is 7.04. The molecule has 2 N–H and O–H groups in total. The average Bonchev–Trinajstić information content (AvgIpc) is 2.62. The van der Waals surface area contributed by atoms with Crippen LogP contribution in [-0.4, -0.2) is 23.5 Å². The van der Waals surface area contributed by atoms with Crippen molar-refractivity contribution >= 4 is 27.3 Å². The first-order chi connectivity index (χ1) is 8.32. The van der Waals surface area contributed by atoms with Crippen LogP contribution in [0, 0.1) is 5.92 Å². The zero-order valence-corrected chi connectivity index (χ0v) is 14.4. The lowest BCUT2D eigenvalue weighted by molar-refractivity contribution is 0.121. The molecular weight excluding hydrogens is 308 g/mol.